The number of hydrogen-bond donors (Lipinski definition) is 1. The molecule has 8 heteroatoms. The van der Waals surface area contributed by atoms with Crippen molar-refractivity contribution in [3.63, 3.8) is 0 Å². The Bertz CT molecular complexity index is 627. The highest BCUT2D eigenvalue weighted by atomic mass is 16.5. The third-order valence-electron chi connectivity index (χ3n) is 3.58. The van der Waals surface area contributed by atoms with E-state index < -0.39 is 29.9 Å². The van der Waals surface area contributed by atoms with Crippen LogP contribution in [0.5, 0.6) is 5.75 Å². The van der Waals surface area contributed by atoms with Gasteiger partial charge < -0.3 is 20.0 Å². The highest BCUT2D eigenvalue weighted by molar-refractivity contribution is 6.08. The molecule has 0 spiro atoms. The number of imide groups is 1. The molecule has 0 bridgehead atoms. The molecule has 2 N–H and O–H groups in total. The molecule has 122 valence electrons. The van der Waals surface area contributed by atoms with Crippen LogP contribution in [0.2, 0.25) is 0 Å². The number of carbonyl (C=O) groups excluding carboxylic acids is 4. The molecule has 1 aliphatic heterocycles. The van der Waals surface area contributed by atoms with Crippen molar-refractivity contribution < 1.29 is 28.7 Å². The highest BCUT2D eigenvalue weighted by Crippen LogP contribution is 2.30. The Hall–Kier alpha value is -2.90. The molecule has 3 amide bonds. The average Bonchev–Trinajstić information content (AvgIpc) is 2.55. The lowest BCUT2D eigenvalue weighted by atomic mass is 9.85. The van der Waals surface area contributed by atoms with Gasteiger partial charge >= 0.3 is 12.0 Å². The Morgan fingerprint density at radius 2 is 1.96 bits per heavy atom. The van der Waals surface area contributed by atoms with Gasteiger partial charge in [0.15, 0.2) is 6.04 Å². The fraction of sp³-hybridized carbons (Fsp3) is 0.333. The quantitative estimate of drug-likeness (QED) is 0.456. The number of ether oxygens (including phenoxy) is 2. The summed E-state index contributed by atoms with van der Waals surface area (Å²) in [6.45, 7) is -0.0338. The maximum atomic E-state index is 12.1. The lowest BCUT2D eigenvalue weighted by Crippen LogP contribution is -2.67. The Morgan fingerprint density at radius 1 is 1.30 bits per heavy atom. The minimum atomic E-state index is -1.15. The minimum Gasteiger partial charge on any atom is -0.497 e. The molecule has 0 aliphatic carbocycles. The van der Waals surface area contributed by atoms with Crippen molar-refractivity contribution in [3.05, 3.63) is 29.8 Å². The monoisotopic (exact) mass is 320 g/mol. The van der Waals surface area contributed by atoms with Crippen molar-refractivity contribution in [3.8, 4) is 5.75 Å². The van der Waals surface area contributed by atoms with Gasteiger partial charge in [-0.25, -0.2) is 14.5 Å². The molecular formula is C15H16N2O6. The van der Waals surface area contributed by atoms with E-state index in [2.05, 4.69) is 0 Å². The van der Waals surface area contributed by atoms with E-state index in [9.17, 15) is 19.2 Å². The Balaban J connectivity index is 2.00. The molecule has 1 fully saturated rings. The normalized spacial score (nSPS) is 19.7. The van der Waals surface area contributed by atoms with Crippen molar-refractivity contribution in [2.45, 2.75) is 19.1 Å². The summed E-state index contributed by atoms with van der Waals surface area (Å²) in [4.78, 5) is 46.2. The van der Waals surface area contributed by atoms with Gasteiger partial charge in [-0.3, -0.25) is 4.79 Å². The summed E-state index contributed by atoms with van der Waals surface area (Å²) in [5.41, 5.74) is 5.78. The van der Waals surface area contributed by atoms with Gasteiger partial charge in [0.1, 0.15) is 18.6 Å². The number of urea groups is 1. The maximum absolute atomic E-state index is 12.1. The first-order valence-electron chi connectivity index (χ1n) is 6.85. The van der Waals surface area contributed by atoms with Gasteiger partial charge in [-0.1, -0.05) is 12.1 Å². The van der Waals surface area contributed by atoms with Crippen LogP contribution in [-0.2, 0) is 25.7 Å². The predicted octanol–water partition coefficient (Wildman–Crippen LogP) is 0.233. The van der Waals surface area contributed by atoms with Crippen molar-refractivity contribution in [1.29, 1.82) is 0 Å². The molecule has 0 aromatic heterocycles. The molecule has 1 aromatic rings. The second-order valence-corrected chi connectivity index (χ2v) is 4.96. The number of amides is 3. The second kappa shape index (κ2) is 6.91. The maximum Gasteiger partial charge on any atom is 0.330 e. The fourth-order valence-corrected chi connectivity index (χ4v) is 2.36. The summed E-state index contributed by atoms with van der Waals surface area (Å²) >= 11 is 0. The van der Waals surface area contributed by atoms with Crippen molar-refractivity contribution >= 4 is 24.2 Å². The van der Waals surface area contributed by atoms with Gasteiger partial charge in [-0.2, -0.15) is 0 Å². The molecule has 0 unspecified atom stereocenters. The molecule has 1 aromatic carbocycles. The first-order valence-corrected chi connectivity index (χ1v) is 6.85. The number of hydrogen-bond acceptors (Lipinski definition) is 6. The predicted molar refractivity (Wildman–Crippen MR) is 77.2 cm³/mol. The number of nitrogens with two attached hydrogens (primary N) is 1. The largest absolute Gasteiger partial charge is 0.497 e. The van der Waals surface area contributed by atoms with Crippen molar-refractivity contribution in [2.24, 2.45) is 11.7 Å². The zero-order chi connectivity index (χ0) is 17.0. The van der Waals surface area contributed by atoms with Crippen molar-refractivity contribution in [1.82, 2.24) is 4.90 Å². The zero-order valence-electron chi connectivity index (χ0n) is 12.4. The van der Waals surface area contributed by atoms with E-state index in [1.54, 1.807) is 24.3 Å². The first kappa shape index (κ1) is 16.5. The number of benzene rings is 1. The van der Waals surface area contributed by atoms with E-state index in [1.165, 1.54) is 7.11 Å². The Morgan fingerprint density at radius 3 is 2.48 bits per heavy atom. The molecule has 1 aliphatic rings. The van der Waals surface area contributed by atoms with E-state index in [0.29, 0.717) is 22.5 Å². The Kier molecular flexibility index (Phi) is 4.95. The molecule has 2 rings (SSSR count). The van der Waals surface area contributed by atoms with E-state index in [1.807, 2.05) is 0 Å². The SMILES string of the molecule is COc1ccc(COC(=O)[C@@H]2[C@@H](CC=O)C(=O)N2C(N)=O)cc1. The summed E-state index contributed by atoms with van der Waals surface area (Å²) in [6.07, 6.45) is 0.357. The van der Waals surface area contributed by atoms with Crippen molar-refractivity contribution in [2.75, 3.05) is 7.11 Å². The fourth-order valence-electron chi connectivity index (χ4n) is 2.36. The summed E-state index contributed by atoms with van der Waals surface area (Å²) in [5.74, 6) is -1.65. The number of β-lactam (4-membered cyclic amide) rings is 1. The van der Waals surface area contributed by atoms with Gasteiger partial charge in [0.05, 0.1) is 13.0 Å². The van der Waals surface area contributed by atoms with Crippen LogP contribution >= 0.6 is 0 Å². The summed E-state index contributed by atoms with van der Waals surface area (Å²) < 4.78 is 10.1. The molecule has 23 heavy (non-hydrogen) atoms. The number of primary amides is 1. The van der Waals surface area contributed by atoms with Crippen LogP contribution in [0.25, 0.3) is 0 Å². The van der Waals surface area contributed by atoms with E-state index in [-0.39, 0.29) is 13.0 Å². The first-order chi connectivity index (χ1) is 11.0. The van der Waals surface area contributed by atoms with Gasteiger partial charge in [0, 0.05) is 6.42 Å². The van der Waals surface area contributed by atoms with Crippen LogP contribution in [0.15, 0.2) is 24.3 Å². The number of esters is 1. The number of aldehydes is 1. The standard InChI is InChI=1S/C15H16N2O6/c1-22-10-4-2-9(3-5-10)8-23-14(20)12-11(6-7-18)13(19)17(12)15(16)21/h2-5,7,11-12H,6,8H2,1H3,(H2,16,21)/t11-,12+/m1/s1. The van der Waals surface area contributed by atoms with Gasteiger partial charge in [-0.05, 0) is 17.7 Å². The molecular weight excluding hydrogens is 304 g/mol. The van der Waals surface area contributed by atoms with Gasteiger partial charge in [-0.15, -0.1) is 0 Å². The Labute approximate surface area is 132 Å². The number of rotatable bonds is 6. The zero-order valence-corrected chi connectivity index (χ0v) is 12.4. The molecule has 1 saturated heterocycles. The second-order valence-electron chi connectivity index (χ2n) is 4.96. The number of methoxy groups -OCH3 is 1. The third kappa shape index (κ3) is 3.31. The van der Waals surface area contributed by atoms with Crippen LogP contribution in [-0.4, -0.2) is 42.2 Å². The highest BCUT2D eigenvalue weighted by Gasteiger charge is 2.54. The minimum absolute atomic E-state index is 0.0338. The average molecular weight is 320 g/mol. The molecule has 8 nitrogen and oxygen atoms in total. The van der Waals surface area contributed by atoms with E-state index >= 15 is 0 Å². The van der Waals surface area contributed by atoms with E-state index in [4.69, 9.17) is 15.2 Å². The summed E-state index contributed by atoms with van der Waals surface area (Å²) in [6, 6.07) is 4.66. The third-order valence-corrected chi connectivity index (χ3v) is 3.58. The van der Waals surface area contributed by atoms with Gasteiger partial charge in [0.2, 0.25) is 5.91 Å². The number of carbonyl (C=O) groups is 4. The smallest absolute Gasteiger partial charge is 0.330 e. The molecule has 0 saturated carbocycles. The van der Waals surface area contributed by atoms with Crippen LogP contribution in [0.3, 0.4) is 0 Å². The topological polar surface area (TPSA) is 116 Å². The summed E-state index contributed by atoms with van der Waals surface area (Å²) in [7, 11) is 1.54. The van der Waals surface area contributed by atoms with Crippen LogP contribution in [0, 0.1) is 5.92 Å². The van der Waals surface area contributed by atoms with Gasteiger partial charge in [0.25, 0.3) is 0 Å². The molecule has 2 atom stereocenters. The van der Waals surface area contributed by atoms with Crippen LogP contribution in [0.1, 0.15) is 12.0 Å². The van der Waals surface area contributed by atoms with Crippen LogP contribution < -0.4 is 10.5 Å². The molecule has 1 heterocycles. The lowest BCUT2D eigenvalue weighted by Gasteiger charge is -2.41. The number of nitrogens with zero attached hydrogens (tertiary/aromatic N) is 1. The number of likely N-dealkylation sites (tertiary alicyclic amines) is 1. The lowest BCUT2D eigenvalue weighted by molar-refractivity contribution is -0.170. The summed E-state index contributed by atoms with van der Waals surface area (Å²) in [5, 5.41) is 0. The van der Waals surface area contributed by atoms with E-state index in [0.717, 1.165) is 0 Å². The van der Waals surface area contributed by atoms with Crippen LogP contribution in [0.4, 0.5) is 4.79 Å². The molecule has 0 radical (unpaired) electrons.